The van der Waals surface area contributed by atoms with Crippen molar-refractivity contribution in [1.29, 1.82) is 0 Å². The first-order valence-corrected chi connectivity index (χ1v) is 23.4. The molecule has 0 amide bonds. The number of benzene rings is 12. The Hall–Kier alpha value is -8.98. The topological polar surface area (TPSA) is 8.17 Å². The van der Waals surface area contributed by atoms with E-state index in [0.717, 1.165) is 22.6 Å². The molecule has 0 aliphatic heterocycles. The number of para-hydroxylation sites is 3. The molecule has 13 rings (SSSR count). The summed E-state index contributed by atoms with van der Waals surface area (Å²) in [6.45, 7) is 0. The predicted octanol–water partition coefficient (Wildman–Crippen LogP) is 18.4. The summed E-state index contributed by atoms with van der Waals surface area (Å²) in [5.74, 6) is 0. The van der Waals surface area contributed by atoms with E-state index in [9.17, 15) is 0 Å². The zero-order chi connectivity index (χ0) is 45.0. The van der Waals surface area contributed by atoms with Gasteiger partial charge in [0.2, 0.25) is 0 Å². The number of aromatic nitrogens is 1. The molecule has 0 N–H and O–H groups in total. The molecule has 0 fully saturated rings. The van der Waals surface area contributed by atoms with Crippen LogP contribution in [0.25, 0.3) is 104 Å². The summed E-state index contributed by atoms with van der Waals surface area (Å²) in [5, 5.41) is 10.1. The zero-order valence-electron chi connectivity index (χ0n) is 37.3. The normalized spacial score (nSPS) is 11.5. The Morgan fingerprint density at radius 1 is 0.235 bits per heavy atom. The van der Waals surface area contributed by atoms with Crippen LogP contribution in [0.3, 0.4) is 0 Å². The second-order valence-corrected chi connectivity index (χ2v) is 17.7. The lowest BCUT2D eigenvalue weighted by molar-refractivity contribution is 1.18. The van der Waals surface area contributed by atoms with Crippen molar-refractivity contribution in [3.8, 4) is 50.2 Å². The quantitative estimate of drug-likeness (QED) is 0.138. The fourth-order valence-corrected chi connectivity index (χ4v) is 10.5. The van der Waals surface area contributed by atoms with E-state index in [-0.39, 0.29) is 0 Å². The van der Waals surface area contributed by atoms with Gasteiger partial charge in [0.05, 0.1) is 16.7 Å². The van der Waals surface area contributed by atoms with Crippen LogP contribution in [0.2, 0.25) is 0 Å². The summed E-state index contributed by atoms with van der Waals surface area (Å²) in [4.78, 5) is 2.37. The summed E-state index contributed by atoms with van der Waals surface area (Å²) < 4.78 is 2.42. The standard InChI is InChI=1S/C66H44N2/c1-2-15-49-42-51(29-28-45(49)14-1)47-32-38-55(39-33-47)67(56-40-34-48(35-41-56)63-44-53-16-3-4-19-57(53)59-21-5-6-22-60(59)63)54-36-30-46(31-37-54)50-17-13-18-52(43-50)58-20-7-10-25-64(58)68-65-26-11-8-23-61(65)62-24-9-12-27-66(62)68/h1-44H. The van der Waals surface area contributed by atoms with E-state index in [1.165, 1.54) is 98.8 Å². The molecule has 13 aromatic rings. The maximum atomic E-state index is 2.42. The molecule has 0 bridgehead atoms. The molecule has 0 aliphatic rings. The molecule has 0 atom stereocenters. The van der Waals surface area contributed by atoms with Crippen LogP contribution in [0.4, 0.5) is 17.1 Å². The molecule has 0 spiro atoms. The van der Waals surface area contributed by atoms with Crippen LogP contribution in [0.5, 0.6) is 0 Å². The van der Waals surface area contributed by atoms with Crippen LogP contribution in [0.1, 0.15) is 0 Å². The van der Waals surface area contributed by atoms with E-state index in [1.54, 1.807) is 0 Å². The smallest absolute Gasteiger partial charge is 0.0541 e. The molecular weight excluding hydrogens is 821 g/mol. The highest BCUT2D eigenvalue weighted by Gasteiger charge is 2.18. The Kier molecular flexibility index (Phi) is 9.54. The maximum absolute atomic E-state index is 2.42. The number of hydrogen-bond donors (Lipinski definition) is 0. The monoisotopic (exact) mass is 864 g/mol. The number of anilines is 3. The van der Waals surface area contributed by atoms with Crippen LogP contribution in [-0.4, -0.2) is 4.57 Å². The van der Waals surface area contributed by atoms with Crippen molar-refractivity contribution < 1.29 is 0 Å². The van der Waals surface area contributed by atoms with Gasteiger partial charge >= 0.3 is 0 Å². The Labute approximate surface area is 395 Å². The van der Waals surface area contributed by atoms with Crippen LogP contribution in [-0.2, 0) is 0 Å². The van der Waals surface area contributed by atoms with Crippen molar-refractivity contribution in [2.24, 2.45) is 0 Å². The summed E-state index contributed by atoms with van der Waals surface area (Å²) in [6.07, 6.45) is 0. The molecule has 12 aromatic carbocycles. The Bertz CT molecular complexity index is 3960. The van der Waals surface area contributed by atoms with E-state index < -0.39 is 0 Å². The lowest BCUT2D eigenvalue weighted by atomic mass is 9.93. The highest BCUT2D eigenvalue weighted by Crippen LogP contribution is 2.41. The summed E-state index contributed by atoms with van der Waals surface area (Å²) in [6, 6.07) is 97.4. The third-order valence-corrected chi connectivity index (χ3v) is 13.8. The average molecular weight is 865 g/mol. The van der Waals surface area contributed by atoms with E-state index in [4.69, 9.17) is 0 Å². The first kappa shape index (κ1) is 39.4. The molecule has 0 unspecified atom stereocenters. The van der Waals surface area contributed by atoms with E-state index in [1.807, 2.05) is 0 Å². The van der Waals surface area contributed by atoms with E-state index in [0.29, 0.717) is 0 Å². The zero-order valence-corrected chi connectivity index (χ0v) is 37.3. The van der Waals surface area contributed by atoms with E-state index >= 15 is 0 Å². The molecule has 1 aromatic heterocycles. The molecule has 0 radical (unpaired) electrons. The molecule has 2 heteroatoms. The number of hydrogen-bond acceptors (Lipinski definition) is 1. The van der Waals surface area contributed by atoms with Gasteiger partial charge in [-0.05, 0) is 144 Å². The largest absolute Gasteiger partial charge is 0.311 e. The van der Waals surface area contributed by atoms with Gasteiger partial charge in [-0.1, -0.05) is 194 Å². The third-order valence-electron chi connectivity index (χ3n) is 13.8. The van der Waals surface area contributed by atoms with Crippen LogP contribution in [0.15, 0.2) is 267 Å². The van der Waals surface area contributed by atoms with Gasteiger partial charge in [-0.3, -0.25) is 0 Å². The van der Waals surface area contributed by atoms with Crippen molar-refractivity contribution in [2.45, 2.75) is 0 Å². The molecule has 0 saturated carbocycles. The predicted molar refractivity (Wildman–Crippen MR) is 290 cm³/mol. The Morgan fingerprint density at radius 3 is 1.37 bits per heavy atom. The number of nitrogens with zero attached hydrogens (tertiary/aromatic N) is 2. The van der Waals surface area contributed by atoms with Crippen LogP contribution < -0.4 is 4.90 Å². The van der Waals surface area contributed by atoms with Crippen molar-refractivity contribution >= 4 is 71.2 Å². The summed E-state index contributed by atoms with van der Waals surface area (Å²) in [5.41, 5.74) is 16.4. The number of rotatable bonds is 8. The van der Waals surface area contributed by atoms with Crippen LogP contribution in [0, 0.1) is 0 Å². The van der Waals surface area contributed by atoms with Crippen molar-refractivity contribution in [2.75, 3.05) is 4.90 Å². The molecule has 318 valence electrons. The first-order chi connectivity index (χ1) is 33.7. The van der Waals surface area contributed by atoms with Crippen molar-refractivity contribution in [3.63, 3.8) is 0 Å². The van der Waals surface area contributed by atoms with Crippen LogP contribution >= 0.6 is 0 Å². The second kappa shape index (κ2) is 16.5. The molecular formula is C66H44N2. The summed E-state index contributed by atoms with van der Waals surface area (Å²) in [7, 11) is 0. The highest BCUT2D eigenvalue weighted by atomic mass is 15.1. The molecule has 0 saturated heterocycles. The van der Waals surface area contributed by atoms with Gasteiger partial charge in [0, 0.05) is 33.4 Å². The molecule has 0 aliphatic carbocycles. The minimum Gasteiger partial charge on any atom is -0.311 e. The molecule has 2 nitrogen and oxygen atoms in total. The average Bonchev–Trinajstić information content (AvgIpc) is 3.75. The number of fused-ring (bicyclic) bond motifs is 7. The fourth-order valence-electron chi connectivity index (χ4n) is 10.5. The Morgan fingerprint density at radius 2 is 0.706 bits per heavy atom. The highest BCUT2D eigenvalue weighted by molar-refractivity contribution is 6.14. The maximum Gasteiger partial charge on any atom is 0.0541 e. The molecule has 1 heterocycles. The lowest BCUT2D eigenvalue weighted by Crippen LogP contribution is -2.09. The van der Waals surface area contributed by atoms with Crippen molar-refractivity contribution in [3.05, 3.63) is 267 Å². The van der Waals surface area contributed by atoms with E-state index in [2.05, 4.69) is 276 Å². The lowest BCUT2D eigenvalue weighted by Gasteiger charge is -2.26. The fraction of sp³-hybridized carbons (Fsp3) is 0. The first-order valence-electron chi connectivity index (χ1n) is 23.4. The van der Waals surface area contributed by atoms with Gasteiger partial charge < -0.3 is 9.47 Å². The van der Waals surface area contributed by atoms with Gasteiger partial charge in [0.25, 0.3) is 0 Å². The van der Waals surface area contributed by atoms with Gasteiger partial charge in [0.15, 0.2) is 0 Å². The summed E-state index contributed by atoms with van der Waals surface area (Å²) >= 11 is 0. The van der Waals surface area contributed by atoms with Gasteiger partial charge in [-0.25, -0.2) is 0 Å². The minimum absolute atomic E-state index is 1.09. The SMILES string of the molecule is c1cc(-c2ccc(N(c3ccc(-c4ccc5ccccc5c4)cc3)c3ccc(-c4cc5ccccc5c5ccccc45)cc3)cc2)cc(-c2ccccc2-n2c3ccccc3c3ccccc32)c1. The third kappa shape index (κ3) is 6.82. The second-order valence-electron chi connectivity index (χ2n) is 17.7. The van der Waals surface area contributed by atoms with Gasteiger partial charge in [-0.2, -0.15) is 0 Å². The Balaban J connectivity index is 0.878. The molecule has 68 heavy (non-hydrogen) atoms. The minimum atomic E-state index is 1.09. The van der Waals surface area contributed by atoms with Crippen molar-refractivity contribution in [1.82, 2.24) is 4.57 Å². The van der Waals surface area contributed by atoms with Gasteiger partial charge in [-0.15, -0.1) is 0 Å². The van der Waals surface area contributed by atoms with Gasteiger partial charge in [0.1, 0.15) is 0 Å².